The number of likely N-dealkylation sites (tertiary alicyclic amines) is 1. The summed E-state index contributed by atoms with van der Waals surface area (Å²) in [5, 5.41) is -1.11. The van der Waals surface area contributed by atoms with E-state index >= 15 is 0 Å². The van der Waals surface area contributed by atoms with E-state index in [-0.39, 0.29) is 37.9 Å². The Hall–Kier alpha value is -1.72. The Bertz CT molecular complexity index is 753. The van der Waals surface area contributed by atoms with Gasteiger partial charge in [0.1, 0.15) is 0 Å². The van der Waals surface area contributed by atoms with Crippen LogP contribution in [-0.2, 0) is 33.4 Å². The lowest BCUT2D eigenvalue weighted by Gasteiger charge is -2.40. The van der Waals surface area contributed by atoms with E-state index in [0.717, 1.165) is 0 Å². The van der Waals surface area contributed by atoms with Crippen molar-refractivity contribution in [2.24, 2.45) is 5.41 Å². The first kappa shape index (κ1) is 26.3. The molecule has 1 amide bonds. The summed E-state index contributed by atoms with van der Waals surface area (Å²) in [4.78, 5) is 61.6. The summed E-state index contributed by atoms with van der Waals surface area (Å²) in [6.45, 7) is 10.5. The van der Waals surface area contributed by atoms with E-state index in [2.05, 4.69) is 6.58 Å². The zero-order valence-corrected chi connectivity index (χ0v) is 20.0. The van der Waals surface area contributed by atoms with Gasteiger partial charge in [0.25, 0.3) is 0 Å². The third-order valence-electron chi connectivity index (χ3n) is 3.41. The molecular weight excluding hydrogens is 450 g/mol. The minimum absolute atomic E-state index is 0.0411. The second-order valence-corrected chi connectivity index (χ2v) is 10.9. The van der Waals surface area contributed by atoms with E-state index in [1.165, 1.54) is 30.5 Å². The van der Waals surface area contributed by atoms with Gasteiger partial charge in [-0.3, -0.25) is 24.1 Å². The van der Waals surface area contributed by atoms with Crippen molar-refractivity contribution >= 4 is 63.4 Å². The minimum atomic E-state index is -0.966. The van der Waals surface area contributed by atoms with Crippen LogP contribution in [0.4, 0.5) is 0 Å². The molecule has 0 aromatic carbocycles. The lowest BCUT2D eigenvalue weighted by molar-refractivity contribution is -0.173. The van der Waals surface area contributed by atoms with E-state index in [9.17, 15) is 24.0 Å². The van der Waals surface area contributed by atoms with Crippen LogP contribution in [-0.4, -0.2) is 50.9 Å². The molecule has 1 unspecified atom stereocenters. The summed E-state index contributed by atoms with van der Waals surface area (Å²) in [5.74, 6) is -1.35. The van der Waals surface area contributed by atoms with E-state index in [1.54, 1.807) is 26.8 Å². The molecule has 30 heavy (non-hydrogen) atoms. The van der Waals surface area contributed by atoms with Gasteiger partial charge < -0.3 is 9.47 Å². The molecule has 0 radical (unpaired) electrons. The van der Waals surface area contributed by atoms with Crippen molar-refractivity contribution < 1.29 is 33.4 Å². The first-order valence-corrected chi connectivity index (χ1v) is 11.6. The monoisotopic (exact) mass is 475 g/mol. The molecule has 1 atom stereocenters. The molecule has 0 saturated carbocycles. The summed E-state index contributed by atoms with van der Waals surface area (Å²) >= 11 is 2.71. The zero-order chi connectivity index (χ0) is 23.1. The predicted octanol–water partition coefficient (Wildman–Crippen LogP) is 3.28. The largest absolute Gasteiger partial charge is 0.427 e. The number of carbonyl (C=O) groups excluding carboxylic acids is 5. The highest BCUT2D eigenvalue weighted by Crippen LogP contribution is 2.41. The van der Waals surface area contributed by atoms with Gasteiger partial charge in [0, 0.05) is 19.6 Å². The van der Waals surface area contributed by atoms with Gasteiger partial charge in [-0.2, -0.15) is 0 Å². The third-order valence-corrected chi connectivity index (χ3v) is 6.43. The standard InChI is InChI=1S/C19H25NO7S3/c1-7-8-28-14-9-13(23)20(14)15(17(29-11(2)21)30-12(3)22)16(24)26-10-27-18(25)19(4,5)6/h7,14H,1,8-10H2,2-6H3. The van der Waals surface area contributed by atoms with Gasteiger partial charge in [-0.05, 0) is 44.3 Å². The first-order valence-electron chi connectivity index (χ1n) is 8.88. The van der Waals surface area contributed by atoms with Crippen LogP contribution in [0, 0.1) is 5.41 Å². The Balaban J connectivity index is 3.19. The number of β-lactam (4-membered cyclic amide) rings is 1. The minimum Gasteiger partial charge on any atom is -0.427 e. The van der Waals surface area contributed by atoms with Gasteiger partial charge in [0.15, 0.2) is 15.9 Å². The van der Waals surface area contributed by atoms with Crippen LogP contribution in [0.25, 0.3) is 0 Å². The highest BCUT2D eigenvalue weighted by molar-refractivity contribution is 8.34. The molecule has 1 rings (SSSR count). The van der Waals surface area contributed by atoms with Gasteiger partial charge in [-0.1, -0.05) is 6.08 Å². The van der Waals surface area contributed by atoms with Crippen molar-refractivity contribution in [1.82, 2.24) is 4.90 Å². The molecule has 1 fully saturated rings. The third kappa shape index (κ3) is 7.84. The van der Waals surface area contributed by atoms with Crippen LogP contribution < -0.4 is 0 Å². The topological polar surface area (TPSA) is 107 Å². The number of ether oxygens (including phenoxy) is 2. The number of hydrogen-bond acceptors (Lipinski definition) is 10. The molecule has 1 aliphatic rings. The normalized spacial score (nSPS) is 15.7. The average molecular weight is 476 g/mol. The molecule has 1 heterocycles. The molecule has 1 aliphatic heterocycles. The van der Waals surface area contributed by atoms with E-state index in [0.29, 0.717) is 29.3 Å². The molecule has 8 nitrogen and oxygen atoms in total. The predicted molar refractivity (Wildman–Crippen MR) is 118 cm³/mol. The molecule has 166 valence electrons. The number of esters is 2. The van der Waals surface area contributed by atoms with Crippen molar-refractivity contribution in [3.05, 3.63) is 22.6 Å². The lowest BCUT2D eigenvalue weighted by Crippen LogP contribution is -2.52. The zero-order valence-electron chi connectivity index (χ0n) is 17.5. The number of amides is 1. The Morgan fingerprint density at radius 2 is 1.70 bits per heavy atom. The van der Waals surface area contributed by atoms with Crippen LogP contribution in [0.2, 0.25) is 0 Å². The second-order valence-electron chi connectivity index (χ2n) is 7.10. The van der Waals surface area contributed by atoms with Gasteiger partial charge in [0.05, 0.1) is 21.4 Å². The summed E-state index contributed by atoms with van der Waals surface area (Å²) in [7, 11) is 0. The number of carbonyl (C=O) groups is 5. The van der Waals surface area contributed by atoms with Crippen LogP contribution in [0.1, 0.15) is 41.0 Å². The summed E-state index contributed by atoms with van der Waals surface area (Å²) in [5.41, 5.74) is -0.995. The van der Waals surface area contributed by atoms with E-state index in [1.807, 2.05) is 0 Å². The maximum absolute atomic E-state index is 12.8. The van der Waals surface area contributed by atoms with Gasteiger partial charge in [0.2, 0.25) is 12.7 Å². The fraction of sp³-hybridized carbons (Fsp3) is 0.526. The van der Waals surface area contributed by atoms with Crippen molar-refractivity contribution in [1.29, 1.82) is 0 Å². The Morgan fingerprint density at radius 1 is 1.13 bits per heavy atom. The Kier molecular flexibility index (Phi) is 10.2. The fourth-order valence-corrected chi connectivity index (χ4v) is 4.99. The van der Waals surface area contributed by atoms with Crippen LogP contribution in [0.3, 0.4) is 0 Å². The SMILES string of the molecule is C=CCSC1CC(=O)N1C(C(=O)OCOC(=O)C(C)(C)C)=C(SC(C)=O)SC(C)=O. The molecule has 0 aromatic heterocycles. The Morgan fingerprint density at radius 3 is 2.13 bits per heavy atom. The van der Waals surface area contributed by atoms with E-state index in [4.69, 9.17) is 9.47 Å². The summed E-state index contributed by atoms with van der Waals surface area (Å²) in [6.07, 6.45) is 1.85. The van der Waals surface area contributed by atoms with Crippen molar-refractivity contribution in [3.8, 4) is 0 Å². The van der Waals surface area contributed by atoms with Crippen LogP contribution >= 0.6 is 35.3 Å². The molecule has 0 aliphatic carbocycles. The number of rotatable bonds is 9. The smallest absolute Gasteiger partial charge is 0.359 e. The molecule has 0 spiro atoms. The van der Waals surface area contributed by atoms with Crippen molar-refractivity contribution in [2.75, 3.05) is 12.5 Å². The fourth-order valence-electron chi connectivity index (χ4n) is 2.05. The molecule has 0 bridgehead atoms. The number of thioether (sulfide) groups is 3. The van der Waals surface area contributed by atoms with Crippen molar-refractivity contribution in [3.63, 3.8) is 0 Å². The highest BCUT2D eigenvalue weighted by Gasteiger charge is 2.43. The summed E-state index contributed by atoms with van der Waals surface area (Å²) < 4.78 is 10.0. The van der Waals surface area contributed by atoms with Crippen LogP contribution in [0.15, 0.2) is 22.6 Å². The quantitative estimate of drug-likeness (QED) is 0.162. The molecule has 0 N–H and O–H groups in total. The van der Waals surface area contributed by atoms with Gasteiger partial charge >= 0.3 is 11.9 Å². The average Bonchev–Trinajstić information content (AvgIpc) is 2.60. The molecule has 11 heteroatoms. The molecule has 1 saturated heterocycles. The molecule has 0 aromatic rings. The lowest BCUT2D eigenvalue weighted by atomic mass is 9.98. The Labute approximate surface area is 188 Å². The van der Waals surface area contributed by atoms with Gasteiger partial charge in [-0.15, -0.1) is 18.3 Å². The summed E-state index contributed by atoms with van der Waals surface area (Å²) in [6, 6.07) is 0. The molecular formula is C19H25NO7S3. The van der Waals surface area contributed by atoms with E-state index < -0.39 is 24.1 Å². The maximum Gasteiger partial charge on any atom is 0.359 e. The van der Waals surface area contributed by atoms with Crippen molar-refractivity contribution in [2.45, 2.75) is 46.4 Å². The second kappa shape index (κ2) is 11.6. The number of hydrogen-bond donors (Lipinski definition) is 0. The highest BCUT2D eigenvalue weighted by atomic mass is 32.2. The first-order chi connectivity index (χ1) is 13.9. The van der Waals surface area contributed by atoms with Gasteiger partial charge in [-0.25, -0.2) is 4.79 Å². The van der Waals surface area contributed by atoms with Crippen LogP contribution in [0.5, 0.6) is 0 Å². The maximum atomic E-state index is 12.8. The number of nitrogens with zero attached hydrogens (tertiary/aromatic N) is 1.